The van der Waals surface area contributed by atoms with Crippen molar-refractivity contribution in [3.05, 3.63) is 71.7 Å². The van der Waals surface area contributed by atoms with Crippen LogP contribution in [0.4, 0.5) is 4.39 Å². The summed E-state index contributed by atoms with van der Waals surface area (Å²) in [6.45, 7) is 10.2. The van der Waals surface area contributed by atoms with Crippen molar-refractivity contribution in [2.24, 2.45) is 13.0 Å². The summed E-state index contributed by atoms with van der Waals surface area (Å²) in [6, 6.07) is 15.2. The maximum absolute atomic E-state index is 16.2. The molecule has 0 atom stereocenters. The van der Waals surface area contributed by atoms with E-state index < -0.39 is 8.07 Å². The first-order chi connectivity index (χ1) is 17.6. The maximum Gasteiger partial charge on any atom is 0.155 e. The van der Waals surface area contributed by atoms with Gasteiger partial charge in [0.2, 0.25) is 0 Å². The van der Waals surface area contributed by atoms with Crippen LogP contribution in [0.3, 0.4) is 0 Å². The molecular formula is C29H36ClFN4OSi. The van der Waals surface area contributed by atoms with Crippen LogP contribution in [0.5, 0.6) is 0 Å². The van der Waals surface area contributed by atoms with Crippen LogP contribution in [0.25, 0.3) is 22.0 Å². The normalized spacial score (nSPS) is 19.9. The third kappa shape index (κ3) is 4.89. The van der Waals surface area contributed by atoms with E-state index in [4.69, 9.17) is 16.3 Å². The van der Waals surface area contributed by atoms with Crippen LogP contribution >= 0.6 is 11.6 Å². The number of ether oxygens (including phenoxy) is 1. The Bertz CT molecular complexity index is 1420. The molecule has 196 valence electrons. The largest absolute Gasteiger partial charge is 0.361 e. The van der Waals surface area contributed by atoms with Crippen molar-refractivity contribution in [3.63, 3.8) is 0 Å². The first-order valence-electron chi connectivity index (χ1n) is 13.0. The second kappa shape index (κ2) is 10.0. The van der Waals surface area contributed by atoms with E-state index >= 15 is 4.39 Å². The number of alkyl halides is 1. The minimum Gasteiger partial charge on any atom is -0.361 e. The van der Waals surface area contributed by atoms with Crippen LogP contribution in [0.2, 0.25) is 25.7 Å². The SMILES string of the molecule is CC1CC(c2cccc(-c3ccc4cc(CCl)n(COCC[Si](C)(C)C)c4c3F)c2)(c2nncn2C)C1. The molecule has 8 heteroatoms. The van der Waals surface area contributed by atoms with Crippen LogP contribution in [0, 0.1) is 11.7 Å². The number of aromatic nitrogens is 4. The summed E-state index contributed by atoms with van der Waals surface area (Å²) in [5.41, 5.74) is 3.81. The minimum absolute atomic E-state index is 0.197. The molecule has 0 N–H and O–H groups in total. The Morgan fingerprint density at radius 2 is 1.95 bits per heavy atom. The maximum atomic E-state index is 16.2. The first-order valence-corrected chi connectivity index (χ1v) is 17.3. The first kappa shape index (κ1) is 26.1. The molecule has 0 spiro atoms. The van der Waals surface area contributed by atoms with E-state index in [0.29, 0.717) is 36.2 Å². The van der Waals surface area contributed by atoms with Gasteiger partial charge in [-0.3, -0.25) is 0 Å². The van der Waals surface area contributed by atoms with Gasteiger partial charge >= 0.3 is 0 Å². The van der Waals surface area contributed by atoms with E-state index in [2.05, 4.69) is 48.9 Å². The molecule has 2 heterocycles. The van der Waals surface area contributed by atoms with E-state index in [1.807, 2.05) is 46.5 Å². The van der Waals surface area contributed by atoms with E-state index in [9.17, 15) is 0 Å². The van der Waals surface area contributed by atoms with E-state index in [1.165, 1.54) is 0 Å². The second-order valence-corrected chi connectivity index (χ2v) is 17.7. The highest BCUT2D eigenvalue weighted by Gasteiger charge is 2.48. The number of hydrogen-bond acceptors (Lipinski definition) is 3. The Morgan fingerprint density at radius 1 is 1.16 bits per heavy atom. The molecule has 37 heavy (non-hydrogen) atoms. The van der Waals surface area contributed by atoms with Gasteiger partial charge < -0.3 is 13.9 Å². The van der Waals surface area contributed by atoms with Gasteiger partial charge in [0.05, 0.1) is 16.8 Å². The van der Waals surface area contributed by atoms with Crippen molar-refractivity contribution in [1.82, 2.24) is 19.3 Å². The lowest BCUT2D eigenvalue weighted by Gasteiger charge is -2.46. The van der Waals surface area contributed by atoms with Crippen LogP contribution in [-0.4, -0.2) is 34.0 Å². The minimum atomic E-state index is -1.21. The highest BCUT2D eigenvalue weighted by atomic mass is 35.5. The smallest absolute Gasteiger partial charge is 0.155 e. The Balaban J connectivity index is 1.53. The fourth-order valence-corrected chi connectivity index (χ4v) is 6.74. The lowest BCUT2D eigenvalue weighted by Crippen LogP contribution is -2.43. The van der Waals surface area contributed by atoms with Gasteiger partial charge in [0.25, 0.3) is 0 Å². The molecule has 1 aliphatic rings. The number of aryl methyl sites for hydroxylation is 1. The average Bonchev–Trinajstić information content (AvgIpc) is 3.43. The average molecular weight is 539 g/mol. The van der Waals surface area contributed by atoms with Gasteiger partial charge in [-0.15, -0.1) is 21.8 Å². The molecule has 2 aromatic carbocycles. The standard InChI is InChI=1S/C29H36ClFN4OSi/c1-20-15-29(16-20,28-33-32-18-34(28)2)23-8-6-7-21(13-23)25-10-9-22-14-24(17-30)35(27(22)26(25)31)19-36-11-12-37(3,4)5/h6-10,13-14,18,20H,11-12,15-17,19H2,1-5H3. The van der Waals surface area contributed by atoms with Crippen molar-refractivity contribution in [2.45, 2.75) is 63.5 Å². The predicted molar refractivity (Wildman–Crippen MR) is 151 cm³/mol. The predicted octanol–water partition coefficient (Wildman–Crippen LogP) is 7.34. The number of hydrogen-bond donors (Lipinski definition) is 0. The zero-order chi connectivity index (χ0) is 26.4. The lowest BCUT2D eigenvalue weighted by molar-refractivity contribution is 0.0885. The molecule has 0 bridgehead atoms. The second-order valence-electron chi connectivity index (χ2n) is 11.9. The highest BCUT2D eigenvalue weighted by molar-refractivity contribution is 6.76. The molecular weight excluding hydrogens is 503 g/mol. The summed E-state index contributed by atoms with van der Waals surface area (Å²) in [5.74, 6) is 1.63. The fourth-order valence-electron chi connectivity index (χ4n) is 5.76. The molecule has 5 nitrogen and oxygen atoms in total. The number of benzene rings is 2. The van der Waals surface area contributed by atoms with Gasteiger partial charge in [0, 0.05) is 38.4 Å². The third-order valence-electron chi connectivity index (χ3n) is 7.70. The number of halogens is 2. The Labute approximate surface area is 224 Å². The number of nitrogens with zero attached hydrogens (tertiary/aromatic N) is 4. The van der Waals surface area contributed by atoms with Gasteiger partial charge in [-0.05, 0) is 42.0 Å². The molecule has 5 rings (SSSR count). The molecule has 2 aromatic heterocycles. The Kier molecular flexibility index (Phi) is 7.07. The summed E-state index contributed by atoms with van der Waals surface area (Å²) in [6.07, 6.45) is 3.76. The van der Waals surface area contributed by atoms with Crippen molar-refractivity contribution in [3.8, 4) is 11.1 Å². The molecule has 0 aliphatic heterocycles. The van der Waals surface area contributed by atoms with Gasteiger partial charge in [-0.25, -0.2) is 4.39 Å². The van der Waals surface area contributed by atoms with E-state index in [1.54, 1.807) is 6.33 Å². The Hall–Kier alpha value is -2.48. The molecule has 1 fully saturated rings. The van der Waals surface area contributed by atoms with Crippen molar-refractivity contribution in [2.75, 3.05) is 6.61 Å². The molecule has 0 amide bonds. The molecule has 1 aliphatic carbocycles. The van der Waals surface area contributed by atoms with Crippen LogP contribution in [-0.2, 0) is 29.8 Å². The third-order valence-corrected chi connectivity index (χ3v) is 9.68. The quantitative estimate of drug-likeness (QED) is 0.127. The molecule has 0 radical (unpaired) electrons. The monoisotopic (exact) mass is 538 g/mol. The summed E-state index contributed by atoms with van der Waals surface area (Å²) in [5, 5.41) is 9.45. The zero-order valence-corrected chi connectivity index (χ0v) is 24.1. The van der Waals surface area contributed by atoms with Gasteiger partial charge in [0.15, 0.2) is 5.82 Å². The summed E-state index contributed by atoms with van der Waals surface area (Å²) < 4.78 is 26.2. The van der Waals surface area contributed by atoms with Gasteiger partial charge in [-0.1, -0.05) is 63.0 Å². The van der Waals surface area contributed by atoms with Crippen molar-refractivity contribution in [1.29, 1.82) is 0 Å². The fraction of sp³-hybridized carbons (Fsp3) is 0.448. The van der Waals surface area contributed by atoms with Crippen LogP contribution < -0.4 is 0 Å². The van der Waals surface area contributed by atoms with Gasteiger partial charge in [0.1, 0.15) is 18.9 Å². The van der Waals surface area contributed by atoms with E-state index in [0.717, 1.165) is 46.9 Å². The van der Waals surface area contributed by atoms with Crippen molar-refractivity contribution < 1.29 is 9.13 Å². The summed E-state index contributed by atoms with van der Waals surface area (Å²) >= 11 is 6.26. The van der Waals surface area contributed by atoms with Gasteiger partial charge in [-0.2, -0.15) is 0 Å². The molecule has 4 aromatic rings. The molecule has 1 saturated carbocycles. The zero-order valence-electron chi connectivity index (χ0n) is 22.4. The number of fused-ring (bicyclic) bond motifs is 1. The van der Waals surface area contributed by atoms with Crippen molar-refractivity contribution >= 4 is 30.6 Å². The highest BCUT2D eigenvalue weighted by Crippen LogP contribution is 2.52. The molecule has 0 unspecified atom stereocenters. The summed E-state index contributed by atoms with van der Waals surface area (Å²) in [7, 11) is 0.781. The molecule has 0 saturated heterocycles. The summed E-state index contributed by atoms with van der Waals surface area (Å²) in [4.78, 5) is 0. The Morgan fingerprint density at radius 3 is 2.59 bits per heavy atom. The van der Waals surface area contributed by atoms with Crippen LogP contribution in [0.1, 0.15) is 36.8 Å². The lowest BCUT2D eigenvalue weighted by atomic mass is 9.58. The topological polar surface area (TPSA) is 44.9 Å². The van der Waals surface area contributed by atoms with Crippen LogP contribution in [0.15, 0.2) is 48.8 Å². The number of rotatable bonds is 9. The van der Waals surface area contributed by atoms with E-state index in [-0.39, 0.29) is 11.2 Å².